The maximum Gasteiger partial charge on any atom is 0.527 e. The molecular formula is C16H8F23NO4. The van der Waals surface area contributed by atoms with E-state index in [1.807, 2.05) is 4.74 Å². The quantitative estimate of drug-likeness (QED) is 0.174. The fourth-order valence-corrected chi connectivity index (χ4v) is 3.36. The van der Waals surface area contributed by atoms with Crippen LogP contribution in [0.4, 0.5) is 101 Å². The van der Waals surface area contributed by atoms with E-state index in [2.05, 4.69) is 9.47 Å². The maximum absolute atomic E-state index is 14.4. The highest BCUT2D eigenvalue weighted by atomic mass is 19.4. The lowest BCUT2D eigenvalue weighted by atomic mass is 10.0. The van der Waals surface area contributed by atoms with Crippen LogP contribution < -0.4 is 0 Å². The monoisotopic (exact) mass is 715 g/mol. The van der Waals surface area contributed by atoms with Crippen LogP contribution in [-0.2, 0) is 18.9 Å². The van der Waals surface area contributed by atoms with E-state index in [4.69, 9.17) is 0 Å². The molecule has 0 aliphatic carbocycles. The number of rotatable bonds is 10. The van der Waals surface area contributed by atoms with Gasteiger partial charge in [0.2, 0.25) is 6.30 Å². The van der Waals surface area contributed by atoms with Gasteiger partial charge in [-0.05, 0) is 12.8 Å². The molecule has 28 heteroatoms. The number of ether oxygens (including phenoxy) is 4. The molecule has 2 rings (SSSR count). The summed E-state index contributed by atoms with van der Waals surface area (Å²) < 4.78 is 317. The second kappa shape index (κ2) is 10.6. The first kappa shape index (κ1) is 38.4. The van der Waals surface area contributed by atoms with Crippen LogP contribution in [0.25, 0.3) is 0 Å². The van der Waals surface area contributed by atoms with Gasteiger partial charge in [0.05, 0.1) is 0 Å². The summed E-state index contributed by atoms with van der Waals surface area (Å²) in [6, 6.07) is -14.2. The van der Waals surface area contributed by atoms with E-state index >= 15 is 0 Å². The van der Waals surface area contributed by atoms with E-state index in [9.17, 15) is 101 Å². The molecule has 0 bridgehead atoms. The fraction of sp³-hybridized carbons (Fsp3) is 1.00. The summed E-state index contributed by atoms with van der Waals surface area (Å²) >= 11 is 0. The summed E-state index contributed by atoms with van der Waals surface area (Å²) in [5.74, 6) is -20.1. The van der Waals surface area contributed by atoms with Crippen LogP contribution in [0.15, 0.2) is 0 Å². The fourth-order valence-electron chi connectivity index (χ4n) is 3.36. The standard InChI is InChI=1S/C16H8F23NO4/c17-5(40-10(25,26)14(33,34)43-15(35,36)11(40,27)28)7(19,20)3-1-2-4(41-3)8(21,22)6(18)42-12(29,30)9(23,24)13(31,32)44-16(37,38)39/h3-6H,1-2H2. The minimum absolute atomic E-state index is 1.41. The molecule has 2 heterocycles. The number of hydrogen-bond donors (Lipinski definition) is 0. The second-order valence-electron chi connectivity index (χ2n) is 8.55. The van der Waals surface area contributed by atoms with Gasteiger partial charge in [-0.1, -0.05) is 0 Å². The molecule has 0 amide bonds. The predicted octanol–water partition coefficient (Wildman–Crippen LogP) is 7.47. The van der Waals surface area contributed by atoms with Crippen molar-refractivity contribution in [3.63, 3.8) is 0 Å². The van der Waals surface area contributed by atoms with Gasteiger partial charge in [0.25, 0.3) is 6.36 Å². The average Bonchev–Trinajstić information content (AvgIpc) is 3.27. The number of hydrogen-bond acceptors (Lipinski definition) is 5. The van der Waals surface area contributed by atoms with Gasteiger partial charge in [-0.3, -0.25) is 4.74 Å². The molecule has 0 spiro atoms. The van der Waals surface area contributed by atoms with Crippen LogP contribution in [0.3, 0.4) is 0 Å². The zero-order valence-electron chi connectivity index (χ0n) is 19.5. The zero-order chi connectivity index (χ0) is 35.1. The SMILES string of the molecule is FC(OC(F)(F)C(F)(F)C(F)(F)OC(F)(F)F)C(F)(F)C1CCC(C(F)(F)C(F)N2C(F)(F)C(F)(F)OC(F)(F)C2(F)F)O1. The normalized spacial score (nSPS) is 28.2. The molecule has 2 fully saturated rings. The van der Waals surface area contributed by atoms with Crippen molar-refractivity contribution in [2.75, 3.05) is 0 Å². The van der Waals surface area contributed by atoms with Crippen molar-refractivity contribution < 1.29 is 120 Å². The lowest BCUT2D eigenvalue weighted by Gasteiger charge is -2.49. The molecule has 0 radical (unpaired) electrons. The zero-order valence-corrected chi connectivity index (χ0v) is 19.5. The first-order valence-corrected chi connectivity index (χ1v) is 10.3. The minimum Gasteiger partial charge on any atom is -0.362 e. The van der Waals surface area contributed by atoms with E-state index in [1.54, 1.807) is 0 Å². The molecule has 5 nitrogen and oxygen atoms in total. The highest BCUT2D eigenvalue weighted by molar-refractivity contribution is 5.02. The summed E-state index contributed by atoms with van der Waals surface area (Å²) in [5, 5.41) is 0. The van der Waals surface area contributed by atoms with Gasteiger partial charge in [-0.15, -0.1) is 18.1 Å². The van der Waals surface area contributed by atoms with Gasteiger partial charge in [0.15, 0.2) is 0 Å². The summed E-state index contributed by atoms with van der Waals surface area (Å²) in [4.78, 5) is -3.43. The van der Waals surface area contributed by atoms with Gasteiger partial charge in [0.1, 0.15) is 12.2 Å². The topological polar surface area (TPSA) is 40.2 Å². The Balaban J connectivity index is 2.31. The van der Waals surface area contributed by atoms with E-state index in [1.165, 1.54) is 4.74 Å². The molecule has 4 atom stereocenters. The molecule has 44 heavy (non-hydrogen) atoms. The average molecular weight is 715 g/mol. The van der Waals surface area contributed by atoms with E-state index < -0.39 is 103 Å². The molecule has 2 aliphatic rings. The number of alkyl halides is 23. The van der Waals surface area contributed by atoms with Crippen LogP contribution in [0, 0.1) is 0 Å². The van der Waals surface area contributed by atoms with Crippen molar-refractivity contribution in [2.24, 2.45) is 0 Å². The molecule has 0 aromatic carbocycles. The Morgan fingerprint density at radius 2 is 1.00 bits per heavy atom. The Hall–Kier alpha value is -1.81. The molecule has 0 N–H and O–H groups in total. The van der Waals surface area contributed by atoms with Gasteiger partial charge in [-0.2, -0.15) is 79.0 Å². The van der Waals surface area contributed by atoms with Crippen LogP contribution in [-0.4, -0.2) is 90.4 Å². The minimum atomic E-state index is -7.65. The van der Waals surface area contributed by atoms with Crippen LogP contribution in [0.5, 0.6) is 0 Å². The lowest BCUT2D eigenvalue weighted by molar-refractivity contribution is -0.575. The van der Waals surface area contributed by atoms with Crippen molar-refractivity contribution in [3.05, 3.63) is 0 Å². The van der Waals surface area contributed by atoms with Gasteiger partial charge >= 0.3 is 60.7 Å². The molecule has 2 aliphatic heterocycles. The predicted molar refractivity (Wildman–Crippen MR) is 83.4 cm³/mol. The largest absolute Gasteiger partial charge is 0.527 e. The summed E-state index contributed by atoms with van der Waals surface area (Å²) in [7, 11) is 0. The molecule has 4 unspecified atom stereocenters. The first-order valence-electron chi connectivity index (χ1n) is 10.3. The Kier molecular flexibility index (Phi) is 9.25. The molecule has 262 valence electrons. The molecule has 0 aromatic rings. The lowest BCUT2D eigenvalue weighted by Crippen LogP contribution is -2.77. The van der Waals surface area contributed by atoms with Gasteiger partial charge < -0.3 is 4.74 Å². The third kappa shape index (κ3) is 6.15. The van der Waals surface area contributed by atoms with E-state index in [0.29, 0.717) is 0 Å². The van der Waals surface area contributed by atoms with Crippen molar-refractivity contribution in [1.82, 2.24) is 4.90 Å². The Morgan fingerprint density at radius 1 is 0.614 bits per heavy atom. The van der Waals surface area contributed by atoms with Crippen molar-refractivity contribution in [3.8, 4) is 0 Å². The highest BCUT2D eigenvalue weighted by Crippen LogP contribution is 2.59. The first-order chi connectivity index (χ1) is 19.0. The van der Waals surface area contributed by atoms with Crippen LogP contribution >= 0.6 is 0 Å². The summed E-state index contributed by atoms with van der Waals surface area (Å²) in [5.41, 5.74) is 0. The van der Waals surface area contributed by atoms with Crippen molar-refractivity contribution in [1.29, 1.82) is 0 Å². The highest BCUT2D eigenvalue weighted by Gasteiger charge is 2.86. The summed E-state index contributed by atoms with van der Waals surface area (Å²) in [6.45, 7) is 0. The maximum atomic E-state index is 14.4. The van der Waals surface area contributed by atoms with Crippen LogP contribution in [0.1, 0.15) is 12.8 Å². The molecule has 2 saturated heterocycles. The third-order valence-electron chi connectivity index (χ3n) is 5.51. The number of morpholine rings is 1. The van der Waals surface area contributed by atoms with Crippen molar-refractivity contribution >= 4 is 0 Å². The van der Waals surface area contributed by atoms with E-state index in [-0.39, 0.29) is 0 Å². The molecule has 0 aromatic heterocycles. The van der Waals surface area contributed by atoms with Crippen molar-refractivity contribution in [2.45, 2.75) is 98.4 Å². The third-order valence-corrected chi connectivity index (χ3v) is 5.51. The molecule has 0 saturated carbocycles. The Bertz CT molecular complexity index is 1020. The second-order valence-corrected chi connectivity index (χ2v) is 8.55. The van der Waals surface area contributed by atoms with Crippen LogP contribution in [0.2, 0.25) is 0 Å². The summed E-state index contributed by atoms with van der Waals surface area (Å²) in [6.07, 6.45) is -58.4. The Morgan fingerprint density at radius 3 is 1.39 bits per heavy atom. The van der Waals surface area contributed by atoms with Gasteiger partial charge in [0, 0.05) is 0 Å². The smallest absolute Gasteiger partial charge is 0.362 e. The Labute approximate surface area is 224 Å². The van der Waals surface area contributed by atoms with E-state index in [0.717, 1.165) is 0 Å². The molecular weight excluding hydrogens is 707 g/mol. The van der Waals surface area contributed by atoms with Gasteiger partial charge in [-0.25, -0.2) is 18.3 Å². The number of nitrogens with zero attached hydrogens (tertiary/aromatic N) is 1. The number of halogens is 23.